The molecule has 0 bridgehead atoms. The largest absolute Gasteiger partial charge is 0.477 e. The van der Waals surface area contributed by atoms with Gasteiger partial charge in [-0.2, -0.15) is 0 Å². The van der Waals surface area contributed by atoms with E-state index in [1.165, 1.54) is 6.07 Å². The zero-order valence-electron chi connectivity index (χ0n) is 9.17. The van der Waals surface area contributed by atoms with Crippen LogP contribution in [0.5, 0.6) is 0 Å². The maximum absolute atomic E-state index is 10.6. The second kappa shape index (κ2) is 4.92. The van der Waals surface area contributed by atoms with Crippen LogP contribution in [0.1, 0.15) is 21.7 Å². The van der Waals surface area contributed by atoms with Crippen molar-refractivity contribution < 1.29 is 9.90 Å². The zero-order chi connectivity index (χ0) is 12.3. The Bertz CT molecular complexity index is 522. The number of nitrogens with zero attached hydrogens (tertiary/aromatic N) is 2. The minimum atomic E-state index is -1.01. The van der Waals surface area contributed by atoms with Gasteiger partial charge in [-0.25, -0.2) is 14.8 Å². The van der Waals surface area contributed by atoms with Crippen LogP contribution >= 0.6 is 11.3 Å². The number of carboxylic acids is 1. The van der Waals surface area contributed by atoms with Crippen LogP contribution in [0.25, 0.3) is 0 Å². The molecule has 0 aliphatic carbocycles. The zero-order valence-corrected chi connectivity index (χ0v) is 9.99. The first-order valence-electron chi connectivity index (χ1n) is 4.99. The normalized spacial score (nSPS) is 10.2. The lowest BCUT2D eigenvalue weighted by atomic mass is 10.2. The molecule has 0 unspecified atom stereocenters. The molecule has 2 N–H and O–H groups in total. The maximum atomic E-state index is 10.6. The number of hydrogen-bond donors (Lipinski definition) is 2. The summed E-state index contributed by atoms with van der Waals surface area (Å²) in [5, 5.41) is 14.7. The predicted octanol–water partition coefficient (Wildman–Crippen LogP) is 2.16. The lowest BCUT2D eigenvalue weighted by Gasteiger charge is -2.02. The molecule has 17 heavy (non-hydrogen) atoms. The van der Waals surface area contributed by atoms with Crippen molar-refractivity contribution in [3.05, 3.63) is 40.7 Å². The van der Waals surface area contributed by atoms with E-state index in [0.717, 1.165) is 16.4 Å². The van der Waals surface area contributed by atoms with Crippen molar-refractivity contribution >= 4 is 22.4 Å². The van der Waals surface area contributed by atoms with Gasteiger partial charge in [0.15, 0.2) is 5.13 Å². The average Bonchev–Trinajstić information content (AvgIpc) is 2.73. The molecular weight excluding hydrogens is 238 g/mol. The van der Waals surface area contributed by atoms with Gasteiger partial charge in [-0.05, 0) is 18.6 Å². The van der Waals surface area contributed by atoms with Gasteiger partial charge in [0.2, 0.25) is 0 Å². The molecule has 0 amide bonds. The molecule has 0 atom stereocenters. The Morgan fingerprint density at radius 2 is 2.35 bits per heavy atom. The summed E-state index contributed by atoms with van der Waals surface area (Å²) in [5.41, 5.74) is 1.96. The highest BCUT2D eigenvalue weighted by atomic mass is 32.1. The van der Waals surface area contributed by atoms with Crippen molar-refractivity contribution in [1.82, 2.24) is 9.97 Å². The molecule has 5 nitrogen and oxygen atoms in total. The van der Waals surface area contributed by atoms with Gasteiger partial charge in [0.05, 0.1) is 5.69 Å². The third kappa shape index (κ3) is 3.01. The summed E-state index contributed by atoms with van der Waals surface area (Å²) >= 11 is 1.54. The van der Waals surface area contributed by atoms with Gasteiger partial charge in [0.25, 0.3) is 0 Å². The van der Waals surface area contributed by atoms with E-state index in [1.54, 1.807) is 23.6 Å². The third-order valence-electron chi connectivity index (χ3n) is 2.11. The Morgan fingerprint density at radius 1 is 1.53 bits per heavy atom. The van der Waals surface area contributed by atoms with Crippen LogP contribution in [0.3, 0.4) is 0 Å². The van der Waals surface area contributed by atoms with Crippen molar-refractivity contribution in [2.45, 2.75) is 13.5 Å². The summed E-state index contributed by atoms with van der Waals surface area (Å²) in [4.78, 5) is 18.7. The number of aromatic carboxylic acids is 1. The maximum Gasteiger partial charge on any atom is 0.354 e. The number of carboxylic acid groups (broad SMARTS) is 1. The van der Waals surface area contributed by atoms with Gasteiger partial charge in [-0.1, -0.05) is 6.07 Å². The van der Waals surface area contributed by atoms with Crippen molar-refractivity contribution in [3.8, 4) is 0 Å². The van der Waals surface area contributed by atoms with Crippen LogP contribution in [-0.2, 0) is 6.54 Å². The van der Waals surface area contributed by atoms with E-state index in [1.807, 2.05) is 12.3 Å². The fourth-order valence-corrected chi connectivity index (χ4v) is 1.96. The summed E-state index contributed by atoms with van der Waals surface area (Å²) in [6.07, 6.45) is 1.55. The van der Waals surface area contributed by atoms with E-state index in [2.05, 4.69) is 15.3 Å². The Hall–Kier alpha value is -1.95. The predicted molar refractivity (Wildman–Crippen MR) is 65.4 cm³/mol. The van der Waals surface area contributed by atoms with Crippen LogP contribution in [-0.4, -0.2) is 21.0 Å². The molecule has 2 aromatic heterocycles. The van der Waals surface area contributed by atoms with Crippen LogP contribution in [0.4, 0.5) is 5.13 Å². The van der Waals surface area contributed by atoms with Crippen LogP contribution < -0.4 is 5.32 Å². The Balaban J connectivity index is 1.97. The quantitative estimate of drug-likeness (QED) is 0.868. The second-order valence-corrected chi connectivity index (χ2v) is 4.36. The van der Waals surface area contributed by atoms with Crippen molar-refractivity contribution in [2.24, 2.45) is 0 Å². The number of pyridine rings is 1. The van der Waals surface area contributed by atoms with Gasteiger partial charge in [0, 0.05) is 18.1 Å². The fourth-order valence-electron chi connectivity index (χ4n) is 1.27. The number of hydrogen-bond acceptors (Lipinski definition) is 5. The summed E-state index contributed by atoms with van der Waals surface area (Å²) < 4.78 is 0. The topological polar surface area (TPSA) is 75.1 Å². The molecule has 0 saturated heterocycles. The van der Waals surface area contributed by atoms with Gasteiger partial charge in [0.1, 0.15) is 5.69 Å². The first kappa shape index (κ1) is 11.5. The SMILES string of the molecule is Cc1csc(NCc2ccc(C(=O)O)nc2)n1. The molecule has 0 aliphatic rings. The average molecular weight is 249 g/mol. The van der Waals surface area contributed by atoms with Crippen molar-refractivity contribution in [1.29, 1.82) is 0 Å². The highest BCUT2D eigenvalue weighted by Gasteiger charge is 2.03. The first-order valence-corrected chi connectivity index (χ1v) is 5.87. The minimum Gasteiger partial charge on any atom is -0.477 e. The van der Waals surface area contributed by atoms with Gasteiger partial charge in [-0.15, -0.1) is 11.3 Å². The first-order chi connectivity index (χ1) is 8.15. The lowest BCUT2D eigenvalue weighted by molar-refractivity contribution is 0.0690. The van der Waals surface area contributed by atoms with E-state index in [-0.39, 0.29) is 5.69 Å². The number of aryl methyl sites for hydroxylation is 1. The van der Waals surface area contributed by atoms with E-state index in [4.69, 9.17) is 5.11 Å². The Kier molecular flexibility index (Phi) is 3.34. The van der Waals surface area contributed by atoms with Crippen LogP contribution in [0, 0.1) is 6.92 Å². The van der Waals surface area contributed by atoms with Gasteiger partial charge in [-0.3, -0.25) is 0 Å². The fraction of sp³-hybridized carbons (Fsp3) is 0.182. The Morgan fingerprint density at radius 3 is 2.88 bits per heavy atom. The van der Waals surface area contributed by atoms with Gasteiger partial charge < -0.3 is 10.4 Å². The number of aromatic nitrogens is 2. The van der Waals surface area contributed by atoms with E-state index < -0.39 is 5.97 Å². The number of thiazole rings is 1. The molecule has 2 heterocycles. The van der Waals surface area contributed by atoms with Crippen LogP contribution in [0.2, 0.25) is 0 Å². The minimum absolute atomic E-state index is 0.0545. The summed E-state index contributed by atoms with van der Waals surface area (Å²) in [5.74, 6) is -1.01. The standard InChI is InChI=1S/C11H11N3O2S/c1-7-6-17-11(14-7)13-5-8-2-3-9(10(15)16)12-4-8/h2-4,6H,5H2,1H3,(H,13,14)(H,15,16). The number of rotatable bonds is 4. The summed E-state index contributed by atoms with van der Waals surface area (Å²) in [6.45, 7) is 2.52. The molecule has 88 valence electrons. The smallest absolute Gasteiger partial charge is 0.354 e. The molecule has 0 spiro atoms. The third-order valence-corrected chi connectivity index (χ3v) is 3.02. The van der Waals surface area contributed by atoms with E-state index >= 15 is 0 Å². The molecule has 0 fully saturated rings. The molecule has 2 aromatic rings. The highest BCUT2D eigenvalue weighted by molar-refractivity contribution is 7.13. The number of anilines is 1. The highest BCUT2D eigenvalue weighted by Crippen LogP contribution is 2.15. The molecular formula is C11H11N3O2S. The second-order valence-electron chi connectivity index (χ2n) is 3.50. The Labute approximate surface area is 102 Å². The van der Waals surface area contributed by atoms with Crippen molar-refractivity contribution in [3.63, 3.8) is 0 Å². The van der Waals surface area contributed by atoms with Gasteiger partial charge >= 0.3 is 5.97 Å². The number of nitrogens with one attached hydrogen (secondary N) is 1. The molecule has 0 saturated carbocycles. The summed E-state index contributed by atoms with van der Waals surface area (Å²) in [6, 6.07) is 3.23. The molecule has 0 aromatic carbocycles. The molecule has 2 rings (SSSR count). The molecule has 0 radical (unpaired) electrons. The number of carbonyl (C=O) groups is 1. The van der Waals surface area contributed by atoms with E-state index in [0.29, 0.717) is 6.54 Å². The monoisotopic (exact) mass is 249 g/mol. The summed E-state index contributed by atoms with van der Waals surface area (Å²) in [7, 11) is 0. The van der Waals surface area contributed by atoms with Crippen LogP contribution in [0.15, 0.2) is 23.7 Å². The van der Waals surface area contributed by atoms with E-state index in [9.17, 15) is 4.79 Å². The molecule has 0 aliphatic heterocycles. The molecule has 6 heteroatoms. The lowest BCUT2D eigenvalue weighted by Crippen LogP contribution is -2.03. The van der Waals surface area contributed by atoms with Crippen molar-refractivity contribution in [2.75, 3.05) is 5.32 Å².